The number of halogens is 4. The highest BCUT2D eigenvalue weighted by atomic mass is 35.5. The van der Waals surface area contributed by atoms with Crippen LogP contribution >= 0.6 is 11.6 Å². The van der Waals surface area contributed by atoms with Crippen molar-refractivity contribution in [1.82, 2.24) is 0 Å². The first-order valence-electron chi connectivity index (χ1n) is 5.22. The molecule has 8 heteroatoms. The molecule has 2 aromatic rings. The summed E-state index contributed by atoms with van der Waals surface area (Å²) in [6.45, 7) is 0. The highest BCUT2D eigenvalue weighted by Crippen LogP contribution is 2.24. The Morgan fingerprint density at radius 3 is 2.30 bits per heavy atom. The summed E-state index contributed by atoms with van der Waals surface area (Å²) < 4.78 is 65.3. The fraction of sp³-hybridized carbons (Fsp3) is 0. The highest BCUT2D eigenvalue weighted by molar-refractivity contribution is 7.92. The van der Waals surface area contributed by atoms with E-state index in [9.17, 15) is 21.6 Å². The predicted octanol–water partition coefficient (Wildman–Crippen LogP) is 3.56. The Labute approximate surface area is 118 Å². The third-order valence-electron chi connectivity index (χ3n) is 2.36. The van der Waals surface area contributed by atoms with Gasteiger partial charge in [0, 0.05) is 11.1 Å². The molecule has 2 rings (SSSR count). The molecule has 106 valence electrons. The van der Waals surface area contributed by atoms with Gasteiger partial charge in [-0.2, -0.15) is 0 Å². The Bertz CT molecular complexity index is 765. The van der Waals surface area contributed by atoms with Crippen LogP contribution in [0.2, 0.25) is 5.02 Å². The maximum absolute atomic E-state index is 13.4. The number of anilines is 1. The number of benzene rings is 2. The van der Waals surface area contributed by atoms with Crippen molar-refractivity contribution in [3.63, 3.8) is 0 Å². The van der Waals surface area contributed by atoms with E-state index in [1.54, 1.807) is 0 Å². The van der Waals surface area contributed by atoms with E-state index in [0.717, 1.165) is 24.3 Å². The lowest BCUT2D eigenvalue weighted by Crippen LogP contribution is -2.15. The summed E-state index contributed by atoms with van der Waals surface area (Å²) in [5.41, 5.74) is -0.429. The van der Waals surface area contributed by atoms with Gasteiger partial charge in [0.15, 0.2) is 0 Å². The molecule has 0 amide bonds. The van der Waals surface area contributed by atoms with Crippen LogP contribution < -0.4 is 4.72 Å². The van der Waals surface area contributed by atoms with E-state index in [1.165, 1.54) is 6.07 Å². The van der Waals surface area contributed by atoms with Gasteiger partial charge in [0.1, 0.15) is 22.3 Å². The van der Waals surface area contributed by atoms with E-state index in [1.807, 2.05) is 4.72 Å². The highest BCUT2D eigenvalue weighted by Gasteiger charge is 2.21. The van der Waals surface area contributed by atoms with Crippen molar-refractivity contribution in [3.8, 4) is 0 Å². The fourth-order valence-electron chi connectivity index (χ4n) is 1.47. The van der Waals surface area contributed by atoms with Crippen LogP contribution in [0.5, 0.6) is 0 Å². The number of nitrogens with one attached hydrogen (secondary N) is 1. The Kier molecular flexibility index (Phi) is 3.92. The summed E-state index contributed by atoms with van der Waals surface area (Å²) in [5.74, 6) is -3.07. The van der Waals surface area contributed by atoms with Crippen molar-refractivity contribution in [2.45, 2.75) is 4.90 Å². The van der Waals surface area contributed by atoms with Gasteiger partial charge < -0.3 is 0 Å². The molecule has 0 aliphatic heterocycles. The summed E-state index contributed by atoms with van der Waals surface area (Å²) in [6, 6.07) is 5.18. The number of rotatable bonds is 3. The quantitative estimate of drug-likeness (QED) is 0.939. The second-order valence-electron chi connectivity index (χ2n) is 3.80. The van der Waals surface area contributed by atoms with E-state index in [2.05, 4.69) is 0 Å². The van der Waals surface area contributed by atoms with Gasteiger partial charge >= 0.3 is 0 Å². The molecule has 0 aliphatic rings. The van der Waals surface area contributed by atoms with Crippen molar-refractivity contribution in [2.75, 3.05) is 4.72 Å². The van der Waals surface area contributed by atoms with E-state index in [-0.39, 0.29) is 5.02 Å². The second kappa shape index (κ2) is 5.34. The molecule has 0 saturated carbocycles. The van der Waals surface area contributed by atoms with Crippen LogP contribution in [0.3, 0.4) is 0 Å². The Morgan fingerprint density at radius 1 is 0.950 bits per heavy atom. The molecule has 0 fully saturated rings. The molecule has 0 bridgehead atoms. The van der Waals surface area contributed by atoms with E-state index in [4.69, 9.17) is 11.6 Å². The van der Waals surface area contributed by atoms with Gasteiger partial charge in [-0.15, -0.1) is 0 Å². The molecule has 1 N–H and O–H groups in total. The summed E-state index contributed by atoms with van der Waals surface area (Å²) in [4.78, 5) is -0.793. The van der Waals surface area contributed by atoms with Gasteiger partial charge in [0.2, 0.25) is 0 Å². The van der Waals surface area contributed by atoms with Crippen LogP contribution in [0.4, 0.5) is 18.9 Å². The minimum Gasteiger partial charge on any atom is -0.277 e. The van der Waals surface area contributed by atoms with Gasteiger partial charge in [-0.3, -0.25) is 4.72 Å². The van der Waals surface area contributed by atoms with Gasteiger partial charge in [0.25, 0.3) is 10.0 Å². The number of hydrogen-bond acceptors (Lipinski definition) is 2. The van der Waals surface area contributed by atoms with E-state index >= 15 is 0 Å². The molecule has 0 spiro atoms. The first-order chi connectivity index (χ1) is 9.29. The zero-order valence-electron chi connectivity index (χ0n) is 9.70. The molecular formula is C12H7ClF3NO2S. The maximum Gasteiger partial charge on any atom is 0.264 e. The van der Waals surface area contributed by atoms with Crippen LogP contribution in [0, 0.1) is 17.5 Å². The van der Waals surface area contributed by atoms with Gasteiger partial charge in [0.05, 0.1) is 5.69 Å². The van der Waals surface area contributed by atoms with Crippen molar-refractivity contribution >= 4 is 27.3 Å². The maximum atomic E-state index is 13.4. The standard InChI is InChI=1S/C12H7ClF3NO2S/c13-7-1-3-9(15)11(5-7)17-20(18,19)12-4-2-8(14)6-10(12)16/h1-6,17H. The largest absolute Gasteiger partial charge is 0.277 e. The lowest BCUT2D eigenvalue weighted by molar-refractivity contribution is 0.550. The molecule has 3 nitrogen and oxygen atoms in total. The lowest BCUT2D eigenvalue weighted by atomic mass is 10.3. The van der Waals surface area contributed by atoms with Crippen molar-refractivity contribution in [2.24, 2.45) is 0 Å². The zero-order valence-corrected chi connectivity index (χ0v) is 11.3. The Hall–Kier alpha value is -1.73. The summed E-state index contributed by atoms with van der Waals surface area (Å²) in [6.07, 6.45) is 0. The zero-order chi connectivity index (χ0) is 14.9. The van der Waals surface area contributed by atoms with Crippen molar-refractivity contribution < 1.29 is 21.6 Å². The van der Waals surface area contributed by atoms with Crippen LogP contribution in [0.25, 0.3) is 0 Å². The Balaban J connectivity index is 2.43. The predicted molar refractivity (Wildman–Crippen MR) is 68.6 cm³/mol. The first kappa shape index (κ1) is 14.7. The van der Waals surface area contributed by atoms with Crippen LogP contribution in [-0.4, -0.2) is 8.42 Å². The molecule has 20 heavy (non-hydrogen) atoms. The van der Waals surface area contributed by atoms with Crippen molar-refractivity contribution in [1.29, 1.82) is 0 Å². The van der Waals surface area contributed by atoms with Crippen molar-refractivity contribution in [3.05, 3.63) is 58.9 Å². The van der Waals surface area contributed by atoms with Gasteiger partial charge in [-0.1, -0.05) is 11.6 Å². The van der Waals surface area contributed by atoms with E-state index < -0.39 is 38.1 Å². The SMILES string of the molecule is O=S(=O)(Nc1cc(Cl)ccc1F)c1ccc(F)cc1F. The molecule has 0 heterocycles. The summed E-state index contributed by atoms with van der Waals surface area (Å²) >= 11 is 5.62. The topological polar surface area (TPSA) is 46.2 Å². The molecule has 0 aromatic heterocycles. The average Bonchev–Trinajstić information content (AvgIpc) is 2.33. The molecule has 2 aromatic carbocycles. The lowest BCUT2D eigenvalue weighted by Gasteiger charge is -2.10. The number of hydrogen-bond donors (Lipinski definition) is 1. The second-order valence-corrected chi connectivity index (χ2v) is 5.89. The minimum absolute atomic E-state index is 0.101. The van der Waals surface area contributed by atoms with E-state index in [0.29, 0.717) is 6.07 Å². The fourth-order valence-corrected chi connectivity index (χ4v) is 2.76. The third-order valence-corrected chi connectivity index (χ3v) is 3.99. The number of sulfonamides is 1. The monoisotopic (exact) mass is 321 g/mol. The average molecular weight is 322 g/mol. The molecule has 0 saturated heterocycles. The molecule has 0 aliphatic carbocycles. The van der Waals surface area contributed by atoms with Gasteiger partial charge in [-0.25, -0.2) is 21.6 Å². The molecule has 0 atom stereocenters. The smallest absolute Gasteiger partial charge is 0.264 e. The van der Waals surface area contributed by atoms with Crippen LogP contribution in [0.15, 0.2) is 41.3 Å². The normalized spacial score (nSPS) is 11.4. The summed E-state index contributed by atoms with van der Waals surface area (Å²) in [7, 11) is -4.39. The van der Waals surface area contributed by atoms with Crippen LogP contribution in [-0.2, 0) is 10.0 Å². The first-order valence-corrected chi connectivity index (χ1v) is 7.08. The molecule has 0 radical (unpaired) electrons. The van der Waals surface area contributed by atoms with Crippen LogP contribution in [0.1, 0.15) is 0 Å². The molecular weight excluding hydrogens is 315 g/mol. The van der Waals surface area contributed by atoms with Gasteiger partial charge in [-0.05, 0) is 30.3 Å². The molecule has 0 unspecified atom stereocenters. The Morgan fingerprint density at radius 2 is 1.65 bits per heavy atom. The third kappa shape index (κ3) is 3.05. The minimum atomic E-state index is -4.39. The summed E-state index contributed by atoms with van der Waals surface area (Å²) in [5, 5.41) is 0.101.